The van der Waals surface area contributed by atoms with E-state index in [0.717, 1.165) is 10.0 Å². The van der Waals surface area contributed by atoms with Crippen LogP contribution in [-0.4, -0.2) is 9.91 Å². The molecule has 0 atom stereocenters. The number of halogens is 1. The second-order valence-corrected chi connectivity index (χ2v) is 4.85. The Morgan fingerprint density at radius 1 is 1.21 bits per heavy atom. The van der Waals surface area contributed by atoms with Crippen LogP contribution in [0.25, 0.3) is 22.6 Å². The zero-order chi connectivity index (χ0) is 13.4. The molecule has 0 aliphatic heterocycles. The number of hydrogen-bond donors (Lipinski definition) is 0. The van der Waals surface area contributed by atoms with Crippen molar-refractivity contribution >= 4 is 32.7 Å². The molecule has 0 amide bonds. The van der Waals surface area contributed by atoms with Crippen LogP contribution in [0, 0.1) is 10.1 Å². The van der Waals surface area contributed by atoms with Crippen molar-refractivity contribution in [3.05, 3.63) is 57.1 Å². The molecule has 19 heavy (non-hydrogen) atoms. The van der Waals surface area contributed by atoms with Gasteiger partial charge in [0.2, 0.25) is 5.89 Å². The third-order valence-corrected chi connectivity index (χ3v) is 3.15. The lowest BCUT2D eigenvalue weighted by molar-refractivity contribution is -0.384. The van der Waals surface area contributed by atoms with E-state index >= 15 is 0 Å². The Labute approximate surface area is 116 Å². The first-order chi connectivity index (χ1) is 9.13. The van der Waals surface area contributed by atoms with E-state index in [2.05, 4.69) is 20.9 Å². The lowest BCUT2D eigenvalue weighted by Crippen LogP contribution is -1.86. The topological polar surface area (TPSA) is 69.2 Å². The summed E-state index contributed by atoms with van der Waals surface area (Å²) in [5.74, 6) is 0.441. The highest BCUT2D eigenvalue weighted by Gasteiger charge is 2.12. The van der Waals surface area contributed by atoms with Crippen LogP contribution in [0.1, 0.15) is 0 Å². The molecule has 3 rings (SSSR count). The lowest BCUT2D eigenvalue weighted by atomic mass is 10.2. The monoisotopic (exact) mass is 318 g/mol. The van der Waals surface area contributed by atoms with Gasteiger partial charge in [-0.15, -0.1) is 0 Å². The summed E-state index contributed by atoms with van der Waals surface area (Å²) >= 11 is 3.38. The minimum atomic E-state index is -0.458. The van der Waals surface area contributed by atoms with Gasteiger partial charge in [-0.25, -0.2) is 4.98 Å². The molecule has 0 saturated heterocycles. The number of benzene rings is 2. The number of nitro benzene ring substituents is 1. The second-order valence-electron chi connectivity index (χ2n) is 3.94. The maximum atomic E-state index is 10.7. The van der Waals surface area contributed by atoms with Crippen molar-refractivity contribution in [1.82, 2.24) is 4.98 Å². The predicted octanol–water partition coefficient (Wildman–Crippen LogP) is 4.17. The highest BCUT2D eigenvalue weighted by Crippen LogP contribution is 2.28. The first-order valence-corrected chi connectivity index (χ1v) is 6.24. The van der Waals surface area contributed by atoms with Gasteiger partial charge in [0, 0.05) is 16.1 Å². The third-order valence-electron chi connectivity index (χ3n) is 2.65. The van der Waals surface area contributed by atoms with E-state index in [0.29, 0.717) is 17.0 Å². The second kappa shape index (κ2) is 4.47. The predicted molar refractivity (Wildman–Crippen MR) is 73.8 cm³/mol. The molecule has 0 aliphatic carbocycles. The standard InChI is InChI=1S/C13H7BrN2O3/c14-9-3-1-2-8(6-9)13-15-11-5-4-10(16(17)18)7-12(11)19-13/h1-7H. The summed E-state index contributed by atoms with van der Waals surface area (Å²) in [6.07, 6.45) is 0. The number of non-ortho nitro benzene ring substituents is 1. The van der Waals surface area contributed by atoms with Gasteiger partial charge in [-0.2, -0.15) is 0 Å². The molecule has 0 radical (unpaired) electrons. The van der Waals surface area contributed by atoms with E-state index in [1.807, 2.05) is 24.3 Å². The number of nitro groups is 1. The van der Waals surface area contributed by atoms with Crippen LogP contribution in [0.3, 0.4) is 0 Å². The van der Waals surface area contributed by atoms with E-state index < -0.39 is 4.92 Å². The van der Waals surface area contributed by atoms with Crippen molar-refractivity contribution in [2.75, 3.05) is 0 Å². The number of oxazole rings is 1. The summed E-state index contributed by atoms with van der Waals surface area (Å²) in [5, 5.41) is 10.7. The highest BCUT2D eigenvalue weighted by molar-refractivity contribution is 9.10. The van der Waals surface area contributed by atoms with Gasteiger partial charge in [0.05, 0.1) is 11.0 Å². The average molecular weight is 319 g/mol. The summed E-state index contributed by atoms with van der Waals surface area (Å²) in [7, 11) is 0. The molecule has 1 aromatic heterocycles. The fraction of sp³-hybridized carbons (Fsp3) is 0. The van der Waals surface area contributed by atoms with Crippen LogP contribution in [0.15, 0.2) is 51.4 Å². The summed E-state index contributed by atoms with van der Waals surface area (Å²) in [6.45, 7) is 0. The normalized spacial score (nSPS) is 10.8. The maximum absolute atomic E-state index is 10.7. The summed E-state index contributed by atoms with van der Waals surface area (Å²) in [6, 6.07) is 11.9. The van der Waals surface area contributed by atoms with Gasteiger partial charge in [-0.1, -0.05) is 22.0 Å². The van der Waals surface area contributed by atoms with Gasteiger partial charge < -0.3 is 4.42 Å². The molecule has 3 aromatic rings. The van der Waals surface area contributed by atoms with E-state index in [1.54, 1.807) is 6.07 Å². The fourth-order valence-corrected chi connectivity index (χ4v) is 2.17. The van der Waals surface area contributed by atoms with Crippen LogP contribution >= 0.6 is 15.9 Å². The van der Waals surface area contributed by atoms with E-state index in [-0.39, 0.29) is 5.69 Å². The average Bonchev–Trinajstić information content (AvgIpc) is 2.81. The Morgan fingerprint density at radius 3 is 2.79 bits per heavy atom. The van der Waals surface area contributed by atoms with Gasteiger partial charge in [-0.3, -0.25) is 10.1 Å². The molecule has 0 N–H and O–H groups in total. The zero-order valence-electron chi connectivity index (χ0n) is 9.54. The maximum Gasteiger partial charge on any atom is 0.273 e. The molecule has 0 unspecified atom stereocenters. The largest absolute Gasteiger partial charge is 0.436 e. The first kappa shape index (κ1) is 11.9. The van der Waals surface area contributed by atoms with Gasteiger partial charge in [0.1, 0.15) is 5.52 Å². The van der Waals surface area contributed by atoms with Crippen LogP contribution in [0.4, 0.5) is 5.69 Å². The van der Waals surface area contributed by atoms with Crippen molar-refractivity contribution in [2.24, 2.45) is 0 Å². The smallest absolute Gasteiger partial charge is 0.273 e. The Morgan fingerprint density at radius 2 is 2.05 bits per heavy atom. The number of hydrogen-bond acceptors (Lipinski definition) is 4. The quantitative estimate of drug-likeness (QED) is 0.525. The first-order valence-electron chi connectivity index (χ1n) is 5.44. The number of nitrogens with zero attached hydrogens (tertiary/aromatic N) is 2. The molecule has 94 valence electrons. The number of rotatable bonds is 2. The van der Waals surface area contributed by atoms with Crippen LogP contribution < -0.4 is 0 Å². The van der Waals surface area contributed by atoms with E-state index in [4.69, 9.17) is 4.42 Å². The molecule has 0 saturated carbocycles. The highest BCUT2D eigenvalue weighted by atomic mass is 79.9. The molecule has 2 aromatic carbocycles. The zero-order valence-corrected chi connectivity index (χ0v) is 11.1. The van der Waals surface area contributed by atoms with Gasteiger partial charge >= 0.3 is 0 Å². The fourth-order valence-electron chi connectivity index (χ4n) is 1.77. The van der Waals surface area contributed by atoms with Gasteiger partial charge in [0.15, 0.2) is 5.58 Å². The molecule has 1 heterocycles. The summed E-state index contributed by atoms with van der Waals surface area (Å²) in [4.78, 5) is 14.6. The van der Waals surface area contributed by atoms with Crippen LogP contribution in [-0.2, 0) is 0 Å². The molecule has 5 nitrogen and oxygen atoms in total. The summed E-state index contributed by atoms with van der Waals surface area (Å²) < 4.78 is 6.48. The number of aromatic nitrogens is 1. The van der Waals surface area contributed by atoms with Gasteiger partial charge in [-0.05, 0) is 24.3 Å². The number of fused-ring (bicyclic) bond motifs is 1. The van der Waals surface area contributed by atoms with Crippen molar-refractivity contribution in [3.63, 3.8) is 0 Å². The van der Waals surface area contributed by atoms with E-state index in [9.17, 15) is 10.1 Å². The lowest BCUT2D eigenvalue weighted by Gasteiger charge is -1.94. The van der Waals surface area contributed by atoms with Crippen molar-refractivity contribution in [2.45, 2.75) is 0 Å². The third kappa shape index (κ3) is 2.22. The Balaban J connectivity index is 2.14. The Bertz CT molecular complexity index is 782. The van der Waals surface area contributed by atoms with Gasteiger partial charge in [0.25, 0.3) is 5.69 Å². The minimum Gasteiger partial charge on any atom is -0.436 e. The molecule has 0 aliphatic rings. The van der Waals surface area contributed by atoms with Crippen LogP contribution in [0.5, 0.6) is 0 Å². The SMILES string of the molecule is O=[N+]([O-])c1ccc2nc(-c3cccc(Br)c3)oc2c1. The molecular weight excluding hydrogens is 312 g/mol. The minimum absolute atomic E-state index is 0.00978. The molecule has 6 heteroatoms. The Kier molecular flexibility index (Phi) is 2.79. The van der Waals surface area contributed by atoms with Crippen LogP contribution in [0.2, 0.25) is 0 Å². The van der Waals surface area contributed by atoms with Crippen molar-refractivity contribution in [3.8, 4) is 11.5 Å². The molecule has 0 spiro atoms. The van der Waals surface area contributed by atoms with E-state index in [1.165, 1.54) is 12.1 Å². The molecule has 0 fully saturated rings. The Hall–Kier alpha value is -2.21. The van der Waals surface area contributed by atoms with Crippen molar-refractivity contribution in [1.29, 1.82) is 0 Å². The molecular formula is C13H7BrN2O3. The van der Waals surface area contributed by atoms with Crippen molar-refractivity contribution < 1.29 is 9.34 Å². The summed E-state index contributed by atoms with van der Waals surface area (Å²) in [5.41, 5.74) is 1.81. The molecule has 0 bridgehead atoms.